The topological polar surface area (TPSA) is 73.6 Å². The molecule has 0 saturated carbocycles. The molecule has 1 atom stereocenters. The molecule has 1 amide bonds. The fourth-order valence-electron chi connectivity index (χ4n) is 2.85. The van der Waals surface area contributed by atoms with Gasteiger partial charge in [-0.2, -0.15) is 0 Å². The predicted octanol–water partition coefficient (Wildman–Crippen LogP) is 2.71. The Hall–Kier alpha value is -2.34. The molecule has 0 radical (unpaired) electrons. The Balaban J connectivity index is 1.45. The van der Waals surface area contributed by atoms with Crippen molar-refractivity contribution in [1.29, 1.82) is 0 Å². The average Bonchev–Trinajstić information content (AvgIpc) is 3.23. The number of carbonyl (C=O) groups excluding carboxylic acids is 1. The number of aryl methyl sites for hydroxylation is 2. The smallest absolute Gasteiger partial charge is 0.224 e. The van der Waals surface area contributed by atoms with Crippen LogP contribution in [0.25, 0.3) is 0 Å². The second kappa shape index (κ2) is 8.16. The van der Waals surface area contributed by atoms with Gasteiger partial charge in [-0.1, -0.05) is 17.3 Å². The molecule has 1 aliphatic heterocycles. The molecular formula is C19H24N2O4. The summed E-state index contributed by atoms with van der Waals surface area (Å²) < 4.78 is 16.4. The lowest BCUT2D eigenvalue weighted by Gasteiger charge is -2.11. The van der Waals surface area contributed by atoms with E-state index in [1.54, 1.807) is 0 Å². The monoisotopic (exact) mass is 344 g/mol. The Morgan fingerprint density at radius 2 is 2.12 bits per heavy atom. The highest BCUT2D eigenvalue weighted by Gasteiger charge is 2.16. The third-order valence-corrected chi connectivity index (χ3v) is 4.40. The van der Waals surface area contributed by atoms with Crippen molar-refractivity contribution in [2.45, 2.75) is 45.8 Å². The molecule has 1 fully saturated rings. The van der Waals surface area contributed by atoms with Crippen LogP contribution in [0.4, 0.5) is 0 Å². The van der Waals surface area contributed by atoms with Crippen molar-refractivity contribution in [3.05, 3.63) is 46.8 Å². The lowest BCUT2D eigenvalue weighted by Crippen LogP contribution is -2.32. The van der Waals surface area contributed by atoms with Crippen LogP contribution in [0, 0.1) is 13.8 Å². The minimum Gasteiger partial charge on any atom is -0.489 e. The van der Waals surface area contributed by atoms with Crippen LogP contribution in [-0.4, -0.2) is 30.3 Å². The number of aromatic nitrogens is 1. The van der Waals surface area contributed by atoms with Gasteiger partial charge in [0.1, 0.15) is 18.1 Å². The van der Waals surface area contributed by atoms with E-state index in [2.05, 4.69) is 10.5 Å². The van der Waals surface area contributed by atoms with Gasteiger partial charge in [0.25, 0.3) is 0 Å². The highest BCUT2D eigenvalue weighted by molar-refractivity contribution is 5.78. The van der Waals surface area contributed by atoms with Crippen molar-refractivity contribution < 1.29 is 18.8 Å². The fraction of sp³-hybridized carbons (Fsp3) is 0.474. The van der Waals surface area contributed by atoms with Crippen molar-refractivity contribution >= 4 is 5.91 Å². The van der Waals surface area contributed by atoms with E-state index in [0.717, 1.165) is 47.8 Å². The van der Waals surface area contributed by atoms with Gasteiger partial charge in [0.15, 0.2) is 0 Å². The maximum atomic E-state index is 12.0. The van der Waals surface area contributed by atoms with Crippen LogP contribution in [-0.2, 0) is 22.6 Å². The first kappa shape index (κ1) is 17.5. The molecule has 2 aromatic rings. The van der Waals surface area contributed by atoms with Crippen molar-refractivity contribution in [2.75, 3.05) is 13.2 Å². The molecular weight excluding hydrogens is 320 g/mol. The lowest BCUT2D eigenvalue weighted by atomic mass is 10.1. The number of benzene rings is 1. The van der Waals surface area contributed by atoms with Crippen molar-refractivity contribution in [1.82, 2.24) is 10.5 Å². The van der Waals surface area contributed by atoms with E-state index in [-0.39, 0.29) is 12.0 Å². The highest BCUT2D eigenvalue weighted by atomic mass is 16.5. The van der Waals surface area contributed by atoms with E-state index in [9.17, 15) is 4.79 Å². The molecule has 1 saturated heterocycles. The number of nitrogens with one attached hydrogen (secondary N) is 1. The van der Waals surface area contributed by atoms with Gasteiger partial charge >= 0.3 is 0 Å². The van der Waals surface area contributed by atoms with E-state index >= 15 is 0 Å². The second-order valence-electron chi connectivity index (χ2n) is 6.35. The maximum absolute atomic E-state index is 12.0. The summed E-state index contributed by atoms with van der Waals surface area (Å²) in [7, 11) is 0. The summed E-state index contributed by atoms with van der Waals surface area (Å²) in [5.41, 5.74) is 2.77. The fourth-order valence-corrected chi connectivity index (χ4v) is 2.85. The van der Waals surface area contributed by atoms with Crippen LogP contribution in [0.5, 0.6) is 5.75 Å². The second-order valence-corrected chi connectivity index (χ2v) is 6.35. The first-order valence-corrected chi connectivity index (χ1v) is 8.63. The summed E-state index contributed by atoms with van der Waals surface area (Å²) in [5.74, 6) is 1.54. The molecule has 1 aromatic heterocycles. The molecule has 6 heteroatoms. The van der Waals surface area contributed by atoms with Crippen molar-refractivity contribution in [3.8, 4) is 5.75 Å². The van der Waals surface area contributed by atoms with Gasteiger partial charge in [-0.05, 0) is 44.4 Å². The lowest BCUT2D eigenvalue weighted by molar-refractivity contribution is -0.120. The van der Waals surface area contributed by atoms with Gasteiger partial charge in [-0.15, -0.1) is 0 Å². The number of nitrogens with zero attached hydrogens (tertiary/aromatic N) is 1. The molecule has 3 rings (SSSR count). The zero-order chi connectivity index (χ0) is 17.6. The third kappa shape index (κ3) is 4.82. The van der Waals surface area contributed by atoms with E-state index in [1.165, 1.54) is 0 Å². The van der Waals surface area contributed by atoms with Crippen LogP contribution in [0.15, 0.2) is 28.8 Å². The molecule has 134 valence electrons. The zero-order valence-corrected chi connectivity index (χ0v) is 14.7. The maximum Gasteiger partial charge on any atom is 0.224 e. The van der Waals surface area contributed by atoms with Gasteiger partial charge in [-0.3, -0.25) is 4.79 Å². The van der Waals surface area contributed by atoms with Crippen LogP contribution >= 0.6 is 0 Å². The van der Waals surface area contributed by atoms with Crippen LogP contribution in [0.2, 0.25) is 0 Å². The minimum atomic E-state index is 0.0138. The zero-order valence-electron chi connectivity index (χ0n) is 14.7. The number of carbonyl (C=O) groups is 1. The van der Waals surface area contributed by atoms with Gasteiger partial charge in [0, 0.05) is 13.2 Å². The van der Waals surface area contributed by atoms with Crippen LogP contribution < -0.4 is 10.1 Å². The van der Waals surface area contributed by atoms with E-state index in [0.29, 0.717) is 19.6 Å². The van der Waals surface area contributed by atoms with Gasteiger partial charge in [-0.25, -0.2) is 0 Å². The SMILES string of the molecule is Cc1noc(C)c1COc1ccc(CC(=O)NCC2CCCO2)cc1. The van der Waals surface area contributed by atoms with Crippen molar-refractivity contribution in [2.24, 2.45) is 0 Å². The van der Waals surface area contributed by atoms with Gasteiger partial charge < -0.3 is 19.3 Å². The average molecular weight is 344 g/mol. The Morgan fingerprint density at radius 1 is 1.32 bits per heavy atom. The third-order valence-electron chi connectivity index (χ3n) is 4.40. The number of rotatable bonds is 7. The normalized spacial score (nSPS) is 16.8. The molecule has 25 heavy (non-hydrogen) atoms. The van der Waals surface area contributed by atoms with Gasteiger partial charge in [0.2, 0.25) is 5.91 Å². The van der Waals surface area contributed by atoms with Crippen LogP contribution in [0.3, 0.4) is 0 Å². The number of amides is 1. The predicted molar refractivity (Wildman–Crippen MR) is 92.4 cm³/mol. The molecule has 0 spiro atoms. The number of hydrogen-bond acceptors (Lipinski definition) is 5. The summed E-state index contributed by atoms with van der Waals surface area (Å²) in [4.78, 5) is 12.0. The Kier molecular flexibility index (Phi) is 5.71. The number of hydrogen-bond donors (Lipinski definition) is 1. The Bertz CT molecular complexity index is 683. The quantitative estimate of drug-likeness (QED) is 0.836. The molecule has 0 aliphatic carbocycles. The van der Waals surface area contributed by atoms with E-state index < -0.39 is 0 Å². The largest absolute Gasteiger partial charge is 0.489 e. The number of ether oxygens (including phenoxy) is 2. The molecule has 1 aliphatic rings. The molecule has 1 N–H and O–H groups in total. The van der Waals surface area contributed by atoms with Crippen molar-refractivity contribution in [3.63, 3.8) is 0 Å². The highest BCUT2D eigenvalue weighted by Crippen LogP contribution is 2.18. The first-order valence-electron chi connectivity index (χ1n) is 8.63. The Morgan fingerprint density at radius 3 is 2.76 bits per heavy atom. The minimum absolute atomic E-state index is 0.0138. The molecule has 0 bridgehead atoms. The van der Waals surface area contributed by atoms with E-state index in [4.69, 9.17) is 14.0 Å². The molecule has 6 nitrogen and oxygen atoms in total. The molecule has 2 heterocycles. The molecule has 1 unspecified atom stereocenters. The van der Waals surface area contributed by atoms with Gasteiger partial charge in [0.05, 0.1) is 23.8 Å². The summed E-state index contributed by atoms with van der Waals surface area (Å²) in [5, 5.41) is 6.84. The summed E-state index contributed by atoms with van der Waals surface area (Å²) in [6.45, 7) is 5.58. The Labute approximate surface area is 147 Å². The standard InChI is InChI=1S/C19H24N2O4/c1-13-18(14(2)25-21-13)12-24-16-7-5-15(6-8-16)10-19(22)20-11-17-4-3-9-23-17/h5-8,17H,3-4,9-12H2,1-2H3,(H,20,22). The van der Waals surface area contributed by atoms with Crippen LogP contribution in [0.1, 0.15) is 35.4 Å². The van der Waals surface area contributed by atoms with E-state index in [1.807, 2.05) is 38.1 Å². The summed E-state index contributed by atoms with van der Waals surface area (Å²) >= 11 is 0. The summed E-state index contributed by atoms with van der Waals surface area (Å²) in [6.07, 6.45) is 2.63. The summed E-state index contributed by atoms with van der Waals surface area (Å²) in [6, 6.07) is 7.57. The first-order chi connectivity index (χ1) is 12.1. The molecule has 1 aromatic carbocycles.